The van der Waals surface area contributed by atoms with Crippen molar-refractivity contribution in [2.24, 2.45) is 5.92 Å². The predicted octanol–water partition coefficient (Wildman–Crippen LogP) is 1.11. The van der Waals surface area contributed by atoms with Crippen molar-refractivity contribution in [3.63, 3.8) is 0 Å². The Morgan fingerprint density at radius 3 is 2.95 bits per heavy atom. The predicted molar refractivity (Wildman–Crippen MR) is 77.9 cm³/mol. The Hall–Kier alpha value is -0.950. The number of hydrogen-bond acceptors (Lipinski definition) is 4. The van der Waals surface area contributed by atoms with Crippen molar-refractivity contribution in [1.82, 2.24) is 10.0 Å². The smallest absolute Gasteiger partial charge is 0.240 e. The van der Waals surface area contributed by atoms with E-state index in [1.54, 1.807) is 25.3 Å². The maximum atomic E-state index is 12.4. The van der Waals surface area contributed by atoms with Crippen molar-refractivity contribution in [2.75, 3.05) is 20.2 Å². The number of nitrogens with one attached hydrogen (secondary N) is 2. The molecule has 0 saturated carbocycles. The van der Waals surface area contributed by atoms with E-state index in [2.05, 4.69) is 17.0 Å². The van der Waals surface area contributed by atoms with E-state index in [4.69, 9.17) is 4.74 Å². The molecule has 1 aromatic rings. The van der Waals surface area contributed by atoms with Gasteiger partial charge in [-0.25, -0.2) is 13.1 Å². The van der Waals surface area contributed by atoms with E-state index < -0.39 is 10.0 Å². The number of rotatable bonds is 5. The molecule has 20 heavy (non-hydrogen) atoms. The summed E-state index contributed by atoms with van der Waals surface area (Å²) in [6.45, 7) is 4.11. The van der Waals surface area contributed by atoms with Gasteiger partial charge in [-0.15, -0.1) is 0 Å². The third-order valence-electron chi connectivity index (χ3n) is 3.65. The van der Waals surface area contributed by atoms with Crippen LogP contribution in [0.2, 0.25) is 0 Å². The molecule has 2 unspecified atom stereocenters. The molecular formula is C14H22N2O3S. The molecule has 1 saturated heterocycles. The first-order valence-electron chi connectivity index (χ1n) is 6.84. The molecule has 0 aromatic heterocycles. The molecule has 1 aliphatic rings. The molecule has 2 rings (SSSR count). The molecule has 5 nitrogen and oxygen atoms in total. The van der Waals surface area contributed by atoms with Crippen molar-refractivity contribution in [1.29, 1.82) is 0 Å². The van der Waals surface area contributed by atoms with Gasteiger partial charge in [-0.05, 0) is 36.6 Å². The van der Waals surface area contributed by atoms with E-state index in [1.807, 2.05) is 6.07 Å². The van der Waals surface area contributed by atoms with Crippen LogP contribution in [-0.4, -0.2) is 34.7 Å². The SMILES string of the molecule is COCc1cccc(S(=O)(=O)NC2CNCCC2C)c1. The quantitative estimate of drug-likeness (QED) is 0.854. The lowest BCUT2D eigenvalue weighted by Gasteiger charge is -2.30. The van der Waals surface area contributed by atoms with Crippen LogP contribution in [0.1, 0.15) is 18.9 Å². The normalized spacial score (nSPS) is 23.7. The van der Waals surface area contributed by atoms with Crippen molar-refractivity contribution in [3.8, 4) is 0 Å². The minimum atomic E-state index is -3.48. The first kappa shape index (κ1) is 15.4. The highest BCUT2D eigenvalue weighted by Crippen LogP contribution is 2.17. The average molecular weight is 298 g/mol. The van der Waals surface area contributed by atoms with Gasteiger partial charge in [-0.2, -0.15) is 0 Å². The van der Waals surface area contributed by atoms with Crippen molar-refractivity contribution in [3.05, 3.63) is 29.8 Å². The van der Waals surface area contributed by atoms with Gasteiger partial charge in [-0.1, -0.05) is 19.1 Å². The molecular weight excluding hydrogens is 276 g/mol. The fourth-order valence-electron chi connectivity index (χ4n) is 2.38. The summed E-state index contributed by atoms with van der Waals surface area (Å²) in [5.41, 5.74) is 0.852. The van der Waals surface area contributed by atoms with Crippen LogP contribution in [0.3, 0.4) is 0 Å². The van der Waals surface area contributed by atoms with Gasteiger partial charge in [0.2, 0.25) is 10.0 Å². The summed E-state index contributed by atoms with van der Waals surface area (Å²) in [4.78, 5) is 0.296. The van der Waals surface area contributed by atoms with Gasteiger partial charge >= 0.3 is 0 Å². The summed E-state index contributed by atoms with van der Waals surface area (Å²) >= 11 is 0. The molecule has 112 valence electrons. The van der Waals surface area contributed by atoms with Crippen LogP contribution in [-0.2, 0) is 21.4 Å². The third kappa shape index (κ3) is 3.79. The monoisotopic (exact) mass is 298 g/mol. The highest BCUT2D eigenvalue weighted by atomic mass is 32.2. The summed E-state index contributed by atoms with van der Waals surface area (Å²) in [6, 6.07) is 6.81. The first-order valence-corrected chi connectivity index (χ1v) is 8.32. The first-order chi connectivity index (χ1) is 9.53. The molecule has 1 aliphatic heterocycles. The number of sulfonamides is 1. The van der Waals surface area contributed by atoms with Gasteiger partial charge in [0.15, 0.2) is 0 Å². The summed E-state index contributed by atoms with van der Waals surface area (Å²) < 4.78 is 32.7. The minimum absolute atomic E-state index is 0.0557. The van der Waals surface area contributed by atoms with E-state index in [1.165, 1.54) is 0 Å². The number of ether oxygens (including phenoxy) is 1. The molecule has 0 aliphatic carbocycles. The van der Waals surface area contributed by atoms with Gasteiger partial charge < -0.3 is 10.1 Å². The van der Waals surface area contributed by atoms with Crippen LogP contribution < -0.4 is 10.0 Å². The maximum absolute atomic E-state index is 12.4. The van der Waals surface area contributed by atoms with Gasteiger partial charge in [0.05, 0.1) is 11.5 Å². The van der Waals surface area contributed by atoms with E-state index in [0.717, 1.165) is 18.5 Å². The zero-order chi connectivity index (χ0) is 14.6. The second-order valence-electron chi connectivity index (χ2n) is 5.28. The van der Waals surface area contributed by atoms with Crippen LogP contribution >= 0.6 is 0 Å². The number of hydrogen-bond donors (Lipinski definition) is 2. The van der Waals surface area contributed by atoms with E-state index in [0.29, 0.717) is 24.0 Å². The molecule has 1 heterocycles. The number of piperidine rings is 1. The zero-order valence-corrected chi connectivity index (χ0v) is 12.7. The Labute approximate surface area is 120 Å². The van der Waals surface area contributed by atoms with Crippen LogP contribution in [0.25, 0.3) is 0 Å². The molecule has 1 fully saturated rings. The molecule has 2 N–H and O–H groups in total. The van der Waals surface area contributed by atoms with E-state index in [-0.39, 0.29) is 6.04 Å². The van der Waals surface area contributed by atoms with Crippen LogP contribution in [0.4, 0.5) is 0 Å². The fourth-order valence-corrected chi connectivity index (χ4v) is 3.80. The van der Waals surface area contributed by atoms with Crippen molar-refractivity contribution in [2.45, 2.75) is 30.9 Å². The summed E-state index contributed by atoms with van der Waals surface area (Å²) in [7, 11) is -1.89. The highest BCUT2D eigenvalue weighted by molar-refractivity contribution is 7.89. The Bertz CT molecular complexity index is 545. The topological polar surface area (TPSA) is 67.4 Å². The van der Waals surface area contributed by atoms with Gasteiger partial charge in [-0.3, -0.25) is 0 Å². The Kier molecular flexibility index (Phi) is 5.15. The van der Waals surface area contributed by atoms with Gasteiger partial charge in [0.1, 0.15) is 0 Å². The van der Waals surface area contributed by atoms with Gasteiger partial charge in [0, 0.05) is 19.7 Å². The summed E-state index contributed by atoms with van der Waals surface area (Å²) in [5.74, 6) is 0.341. The molecule has 0 spiro atoms. The van der Waals surface area contributed by atoms with Crippen LogP contribution in [0.5, 0.6) is 0 Å². The van der Waals surface area contributed by atoms with Crippen LogP contribution in [0.15, 0.2) is 29.2 Å². The second-order valence-corrected chi connectivity index (χ2v) is 6.99. The highest BCUT2D eigenvalue weighted by Gasteiger charge is 2.26. The number of benzene rings is 1. The maximum Gasteiger partial charge on any atom is 0.240 e. The molecule has 1 aromatic carbocycles. The Morgan fingerprint density at radius 1 is 1.45 bits per heavy atom. The minimum Gasteiger partial charge on any atom is -0.380 e. The second kappa shape index (κ2) is 6.67. The summed E-state index contributed by atoms with van der Waals surface area (Å²) in [5, 5.41) is 3.22. The molecule has 6 heteroatoms. The lowest BCUT2D eigenvalue weighted by molar-refractivity contribution is 0.184. The van der Waals surface area contributed by atoms with E-state index in [9.17, 15) is 8.42 Å². The average Bonchev–Trinajstić information content (AvgIpc) is 2.42. The molecule has 0 radical (unpaired) electrons. The standard InChI is InChI=1S/C14H22N2O3S/c1-11-6-7-15-9-14(11)16-20(17,18)13-5-3-4-12(8-13)10-19-2/h3-5,8,11,14-16H,6-7,9-10H2,1-2H3. The van der Waals surface area contributed by atoms with Crippen LogP contribution in [0, 0.1) is 5.92 Å². The summed E-state index contributed by atoms with van der Waals surface area (Å²) in [6.07, 6.45) is 0.983. The zero-order valence-electron chi connectivity index (χ0n) is 11.9. The Morgan fingerprint density at radius 2 is 2.25 bits per heavy atom. The Balaban J connectivity index is 2.15. The largest absolute Gasteiger partial charge is 0.380 e. The van der Waals surface area contributed by atoms with E-state index >= 15 is 0 Å². The van der Waals surface area contributed by atoms with Crippen molar-refractivity contribution >= 4 is 10.0 Å². The van der Waals surface area contributed by atoms with Gasteiger partial charge in [0.25, 0.3) is 0 Å². The lowest BCUT2D eigenvalue weighted by Crippen LogP contribution is -2.50. The third-order valence-corrected chi connectivity index (χ3v) is 5.14. The lowest BCUT2D eigenvalue weighted by atomic mass is 9.96. The van der Waals surface area contributed by atoms with Crippen molar-refractivity contribution < 1.29 is 13.2 Å². The molecule has 0 bridgehead atoms. The molecule has 2 atom stereocenters. The fraction of sp³-hybridized carbons (Fsp3) is 0.571. The molecule has 0 amide bonds. The number of methoxy groups -OCH3 is 1.